The molecule has 110 valence electrons. The van der Waals surface area contributed by atoms with E-state index in [0.29, 0.717) is 31.0 Å². The maximum atomic E-state index is 12.0. The lowest BCUT2D eigenvalue weighted by molar-refractivity contribution is -0.130. The van der Waals surface area contributed by atoms with Crippen molar-refractivity contribution in [2.75, 3.05) is 19.4 Å². The summed E-state index contributed by atoms with van der Waals surface area (Å²) in [6.07, 6.45) is 3.78. The third kappa shape index (κ3) is 4.80. The van der Waals surface area contributed by atoms with E-state index in [4.69, 9.17) is 10.5 Å². The number of hydrogen-bond donors (Lipinski definition) is 1. The Morgan fingerprint density at radius 2 is 1.86 bits per heavy atom. The Balaban J connectivity index is 1.75. The monoisotopic (exact) mass is 285 g/mol. The summed E-state index contributed by atoms with van der Waals surface area (Å²) in [7, 11) is 1.78. The smallest absolute Gasteiger partial charge is 0.226 e. The largest absolute Gasteiger partial charge is 0.493 e. The second-order valence-electron chi connectivity index (χ2n) is 4.77. The van der Waals surface area contributed by atoms with Gasteiger partial charge in [0.25, 0.3) is 0 Å². The first kappa shape index (κ1) is 14.8. The molecule has 5 nitrogen and oxygen atoms in total. The molecule has 21 heavy (non-hydrogen) atoms. The highest BCUT2D eigenvalue weighted by Gasteiger charge is 2.09. The van der Waals surface area contributed by atoms with Crippen molar-refractivity contribution in [3.63, 3.8) is 0 Å². The predicted molar refractivity (Wildman–Crippen MR) is 81.7 cm³/mol. The highest BCUT2D eigenvalue weighted by Crippen LogP contribution is 2.13. The number of amides is 1. The van der Waals surface area contributed by atoms with Gasteiger partial charge in [-0.1, -0.05) is 0 Å². The SMILES string of the molecule is CN(Cc1ccncc1)C(=O)CCOc1ccc(N)cc1. The molecule has 1 aromatic heterocycles. The minimum Gasteiger partial charge on any atom is -0.493 e. The van der Waals surface area contributed by atoms with Crippen LogP contribution in [0.3, 0.4) is 0 Å². The number of nitrogen functional groups attached to an aromatic ring is 1. The van der Waals surface area contributed by atoms with Crippen molar-refractivity contribution < 1.29 is 9.53 Å². The second kappa shape index (κ2) is 7.28. The lowest BCUT2D eigenvalue weighted by atomic mass is 10.2. The molecule has 1 heterocycles. The van der Waals surface area contributed by atoms with Gasteiger partial charge in [0, 0.05) is 31.7 Å². The Kier molecular flexibility index (Phi) is 5.15. The number of ether oxygens (including phenoxy) is 1. The van der Waals surface area contributed by atoms with Crippen LogP contribution in [0.1, 0.15) is 12.0 Å². The molecule has 0 aliphatic heterocycles. The van der Waals surface area contributed by atoms with Crippen LogP contribution < -0.4 is 10.5 Å². The van der Waals surface area contributed by atoms with Crippen LogP contribution in [-0.4, -0.2) is 29.4 Å². The number of benzene rings is 1. The predicted octanol–water partition coefficient (Wildman–Crippen LogP) is 2.09. The highest BCUT2D eigenvalue weighted by molar-refractivity contribution is 5.76. The summed E-state index contributed by atoms with van der Waals surface area (Å²) < 4.78 is 5.52. The zero-order chi connectivity index (χ0) is 15.1. The topological polar surface area (TPSA) is 68.5 Å². The molecule has 0 saturated heterocycles. The van der Waals surface area contributed by atoms with Gasteiger partial charge in [-0.15, -0.1) is 0 Å². The number of anilines is 1. The summed E-state index contributed by atoms with van der Waals surface area (Å²) in [6.45, 7) is 0.923. The van der Waals surface area contributed by atoms with Crippen molar-refractivity contribution in [1.29, 1.82) is 0 Å². The van der Waals surface area contributed by atoms with Gasteiger partial charge in [-0.25, -0.2) is 0 Å². The van der Waals surface area contributed by atoms with Crippen molar-refractivity contribution in [3.05, 3.63) is 54.4 Å². The van der Waals surface area contributed by atoms with Gasteiger partial charge in [-0.3, -0.25) is 9.78 Å². The minimum atomic E-state index is 0.0438. The van der Waals surface area contributed by atoms with E-state index in [0.717, 1.165) is 5.56 Å². The average Bonchev–Trinajstić information content (AvgIpc) is 2.50. The number of pyridine rings is 1. The summed E-state index contributed by atoms with van der Waals surface area (Å²) in [4.78, 5) is 17.6. The van der Waals surface area contributed by atoms with Gasteiger partial charge in [0.05, 0.1) is 13.0 Å². The Morgan fingerprint density at radius 1 is 1.19 bits per heavy atom. The molecule has 1 amide bonds. The quantitative estimate of drug-likeness (QED) is 0.825. The fraction of sp³-hybridized carbons (Fsp3) is 0.250. The van der Waals surface area contributed by atoms with Crippen LogP contribution in [0.2, 0.25) is 0 Å². The van der Waals surface area contributed by atoms with E-state index in [1.54, 1.807) is 48.6 Å². The molecule has 0 fully saturated rings. The van der Waals surface area contributed by atoms with Gasteiger partial charge in [0.15, 0.2) is 0 Å². The van der Waals surface area contributed by atoms with E-state index >= 15 is 0 Å². The van der Waals surface area contributed by atoms with E-state index in [-0.39, 0.29) is 5.91 Å². The Labute approximate surface area is 124 Å². The van der Waals surface area contributed by atoms with Gasteiger partial charge in [0.1, 0.15) is 5.75 Å². The lowest BCUT2D eigenvalue weighted by Crippen LogP contribution is -2.27. The van der Waals surface area contributed by atoms with Gasteiger partial charge in [0.2, 0.25) is 5.91 Å². The van der Waals surface area contributed by atoms with Crippen LogP contribution in [0, 0.1) is 0 Å². The third-order valence-electron chi connectivity index (χ3n) is 3.06. The fourth-order valence-electron chi connectivity index (χ4n) is 1.86. The number of nitrogens with zero attached hydrogens (tertiary/aromatic N) is 2. The van der Waals surface area contributed by atoms with Crippen LogP contribution in [0.5, 0.6) is 5.75 Å². The number of nitrogens with two attached hydrogens (primary N) is 1. The Hall–Kier alpha value is -2.56. The van der Waals surface area contributed by atoms with Gasteiger partial charge in [-0.2, -0.15) is 0 Å². The molecule has 0 bridgehead atoms. The van der Waals surface area contributed by atoms with Gasteiger partial charge in [-0.05, 0) is 42.0 Å². The summed E-state index contributed by atoms with van der Waals surface area (Å²) in [5, 5.41) is 0. The van der Waals surface area contributed by atoms with E-state index in [9.17, 15) is 4.79 Å². The van der Waals surface area contributed by atoms with E-state index in [2.05, 4.69) is 4.98 Å². The molecular weight excluding hydrogens is 266 g/mol. The average molecular weight is 285 g/mol. The summed E-state index contributed by atoms with van der Waals surface area (Å²) in [5.41, 5.74) is 7.34. The molecule has 0 unspecified atom stereocenters. The molecule has 5 heteroatoms. The normalized spacial score (nSPS) is 10.1. The number of carbonyl (C=O) groups is 1. The molecule has 0 atom stereocenters. The molecule has 1 aromatic carbocycles. The summed E-state index contributed by atoms with van der Waals surface area (Å²) >= 11 is 0. The van der Waals surface area contributed by atoms with E-state index in [1.165, 1.54) is 0 Å². The first-order chi connectivity index (χ1) is 10.1. The van der Waals surface area contributed by atoms with Crippen LogP contribution in [0.15, 0.2) is 48.8 Å². The van der Waals surface area contributed by atoms with Crippen LogP contribution in [-0.2, 0) is 11.3 Å². The molecule has 0 spiro atoms. The van der Waals surface area contributed by atoms with Gasteiger partial charge >= 0.3 is 0 Å². The van der Waals surface area contributed by atoms with Crippen LogP contribution in [0.4, 0.5) is 5.69 Å². The number of carbonyl (C=O) groups excluding carboxylic acids is 1. The number of rotatable bonds is 6. The van der Waals surface area contributed by atoms with Crippen molar-refractivity contribution in [1.82, 2.24) is 9.88 Å². The second-order valence-corrected chi connectivity index (χ2v) is 4.77. The first-order valence-electron chi connectivity index (χ1n) is 6.76. The maximum Gasteiger partial charge on any atom is 0.226 e. The van der Waals surface area contributed by atoms with Crippen molar-refractivity contribution >= 4 is 11.6 Å². The summed E-state index contributed by atoms with van der Waals surface area (Å²) in [6, 6.07) is 10.9. The van der Waals surface area contributed by atoms with Crippen molar-refractivity contribution in [2.24, 2.45) is 0 Å². The maximum absolute atomic E-state index is 12.0. The third-order valence-corrected chi connectivity index (χ3v) is 3.06. The highest BCUT2D eigenvalue weighted by atomic mass is 16.5. The van der Waals surface area contributed by atoms with Crippen LogP contribution >= 0.6 is 0 Å². The molecule has 2 rings (SSSR count). The zero-order valence-corrected chi connectivity index (χ0v) is 12.0. The Morgan fingerprint density at radius 3 is 2.52 bits per heavy atom. The van der Waals surface area contributed by atoms with E-state index < -0.39 is 0 Å². The molecule has 0 aliphatic rings. The molecular formula is C16H19N3O2. The number of aromatic nitrogens is 1. The zero-order valence-electron chi connectivity index (χ0n) is 12.0. The van der Waals surface area contributed by atoms with Crippen LogP contribution in [0.25, 0.3) is 0 Å². The number of hydrogen-bond acceptors (Lipinski definition) is 4. The van der Waals surface area contributed by atoms with E-state index in [1.807, 2.05) is 12.1 Å². The molecule has 0 aliphatic carbocycles. The lowest BCUT2D eigenvalue weighted by Gasteiger charge is -2.17. The summed E-state index contributed by atoms with van der Waals surface area (Å²) in [5.74, 6) is 0.760. The molecule has 0 radical (unpaired) electrons. The Bertz CT molecular complexity index is 570. The molecule has 0 saturated carbocycles. The molecule has 2 aromatic rings. The fourth-order valence-corrected chi connectivity index (χ4v) is 1.86. The first-order valence-corrected chi connectivity index (χ1v) is 6.76. The standard InChI is InChI=1S/C16H19N3O2/c1-19(12-13-6-9-18-10-7-13)16(20)8-11-21-15-4-2-14(17)3-5-15/h2-7,9-10H,8,11-12,17H2,1H3. The van der Waals surface area contributed by atoms with Gasteiger partial charge < -0.3 is 15.4 Å². The van der Waals surface area contributed by atoms with Crippen molar-refractivity contribution in [2.45, 2.75) is 13.0 Å². The minimum absolute atomic E-state index is 0.0438. The molecule has 2 N–H and O–H groups in total. The van der Waals surface area contributed by atoms with Crippen molar-refractivity contribution in [3.8, 4) is 5.75 Å².